The maximum Gasteiger partial charge on any atom is 0.460 e. The molecule has 0 saturated heterocycles. The number of hydrogen-bond acceptors (Lipinski definition) is 2. The zero-order valence-corrected chi connectivity index (χ0v) is 11.6. The van der Waals surface area contributed by atoms with E-state index in [2.05, 4.69) is 0 Å². The van der Waals surface area contributed by atoms with Gasteiger partial charge in [-0.2, -0.15) is 47.9 Å². The molecule has 2 unspecified atom stereocenters. The van der Waals surface area contributed by atoms with Crippen LogP contribution in [0.1, 0.15) is 0 Å². The van der Waals surface area contributed by atoms with Crippen molar-refractivity contribution in [2.45, 2.75) is 35.6 Å². The molecule has 150 valence electrons. The molecule has 3 nitrogen and oxygen atoms in total. The highest BCUT2D eigenvalue weighted by Crippen LogP contribution is 2.49. The quantitative estimate of drug-likeness (QED) is 0.514. The summed E-state index contributed by atoms with van der Waals surface area (Å²) >= 11 is 0. The van der Waals surface area contributed by atoms with Crippen LogP contribution >= 0.6 is 0 Å². The summed E-state index contributed by atoms with van der Waals surface area (Å²) in [7, 11) is -6.61. The van der Waals surface area contributed by atoms with Crippen molar-refractivity contribution in [3.05, 3.63) is 11.7 Å². The van der Waals surface area contributed by atoms with Crippen molar-refractivity contribution < 1.29 is 70.0 Å². The van der Waals surface area contributed by atoms with E-state index in [9.17, 15) is 65.5 Å². The molecule has 0 aliphatic heterocycles. The molecule has 0 rings (SSSR count). The molecule has 0 amide bonds. The summed E-state index contributed by atoms with van der Waals surface area (Å²) in [6, 6.07) is 0. The maximum absolute atomic E-state index is 13.0. The minimum absolute atomic E-state index is 4.69. The summed E-state index contributed by atoms with van der Waals surface area (Å²) in [6.07, 6.45) is -12.8. The lowest BCUT2D eigenvalue weighted by atomic mass is 10.0. The summed E-state index contributed by atoms with van der Waals surface area (Å²) in [4.78, 5) is 0. The van der Waals surface area contributed by atoms with Crippen LogP contribution in [0.4, 0.5) is 57.1 Å². The fourth-order valence-corrected chi connectivity index (χ4v) is 1.59. The van der Waals surface area contributed by atoms with Crippen LogP contribution in [0.3, 0.4) is 0 Å². The molecular weight excluding hydrogens is 423 g/mol. The van der Waals surface area contributed by atoms with Crippen LogP contribution in [-0.4, -0.2) is 48.6 Å². The van der Waals surface area contributed by atoms with Crippen molar-refractivity contribution in [3.63, 3.8) is 0 Å². The zero-order valence-electron chi connectivity index (χ0n) is 10.7. The van der Waals surface area contributed by atoms with E-state index in [0.29, 0.717) is 0 Å². The number of hydrogen-bond donors (Lipinski definition) is 1. The molecule has 0 heterocycles. The average Bonchev–Trinajstić information content (AvgIpc) is 2.41. The van der Waals surface area contributed by atoms with Crippen molar-refractivity contribution in [1.29, 1.82) is 0 Å². The first-order valence-corrected chi connectivity index (χ1v) is 6.64. The second-order valence-electron chi connectivity index (χ2n) is 4.19. The van der Waals surface area contributed by atoms with Gasteiger partial charge in [0, 0.05) is 0 Å². The van der Waals surface area contributed by atoms with Gasteiger partial charge in [-0.15, -0.1) is 0 Å². The van der Waals surface area contributed by atoms with Gasteiger partial charge in [-0.05, 0) is 0 Å². The molecule has 1 N–H and O–H groups in total. The Morgan fingerprint density at radius 3 is 1.44 bits per heavy atom. The van der Waals surface area contributed by atoms with Gasteiger partial charge in [0.25, 0.3) is 5.50 Å². The molecule has 0 fully saturated rings. The van der Waals surface area contributed by atoms with Crippen molar-refractivity contribution in [3.8, 4) is 0 Å². The fourth-order valence-electron chi connectivity index (χ4n) is 1.08. The largest absolute Gasteiger partial charge is 0.460 e. The smallest absolute Gasteiger partial charge is 0.283 e. The minimum Gasteiger partial charge on any atom is -0.283 e. The van der Waals surface area contributed by atoms with Crippen LogP contribution in [0.25, 0.3) is 0 Å². The fraction of sp³-hybridized carbons (Fsp3) is 0.750. The molecule has 0 aromatic carbocycles. The minimum atomic E-state index is -7.05. The predicted octanol–water partition coefficient (Wildman–Crippen LogP) is 4.13. The topological polar surface area (TPSA) is 54.4 Å². The van der Waals surface area contributed by atoms with Crippen molar-refractivity contribution in [2.24, 2.45) is 0 Å². The Balaban J connectivity index is 6.19. The van der Waals surface area contributed by atoms with Gasteiger partial charge in [0.2, 0.25) is 17.8 Å². The lowest BCUT2D eigenvalue weighted by molar-refractivity contribution is -0.273. The molecule has 2 atom stereocenters. The van der Waals surface area contributed by atoms with E-state index in [1.54, 1.807) is 0 Å². The molecule has 17 heteroatoms. The Morgan fingerprint density at radius 1 is 0.800 bits per heavy atom. The van der Waals surface area contributed by atoms with Gasteiger partial charge in [0.05, 0.1) is 0 Å². The Morgan fingerprint density at radius 2 is 1.16 bits per heavy atom. The molecule has 0 saturated carbocycles. The first kappa shape index (κ1) is 23.7. The Labute approximate surface area is 128 Å². The summed E-state index contributed by atoms with van der Waals surface area (Å²) in [6.45, 7) is 0. The Kier molecular flexibility index (Phi) is 6.15. The van der Waals surface area contributed by atoms with Crippen molar-refractivity contribution >= 4 is 10.1 Å². The first-order chi connectivity index (χ1) is 10.6. The van der Waals surface area contributed by atoms with E-state index in [0.717, 1.165) is 0 Å². The lowest BCUT2D eigenvalue weighted by Gasteiger charge is -2.28. The molecule has 0 aromatic rings. The second-order valence-corrected chi connectivity index (χ2v) is 5.64. The van der Waals surface area contributed by atoms with Crippen molar-refractivity contribution in [2.75, 3.05) is 0 Å². The number of halogens is 13. The highest BCUT2D eigenvalue weighted by Gasteiger charge is 2.69. The zero-order chi connectivity index (χ0) is 20.8. The third-order valence-corrected chi connectivity index (χ3v) is 3.17. The second kappa shape index (κ2) is 6.48. The van der Waals surface area contributed by atoms with Gasteiger partial charge >= 0.3 is 34.1 Å². The molecular formula is C8H3F13O3S. The lowest BCUT2D eigenvalue weighted by Crippen LogP contribution is -2.53. The third-order valence-electron chi connectivity index (χ3n) is 2.34. The monoisotopic (exact) mass is 426 g/mol. The molecule has 0 spiro atoms. The van der Waals surface area contributed by atoms with Crippen LogP contribution < -0.4 is 0 Å². The van der Waals surface area contributed by atoms with E-state index in [1.807, 2.05) is 0 Å². The summed E-state index contributed by atoms with van der Waals surface area (Å²) in [5.41, 5.74) is -5.21. The van der Waals surface area contributed by atoms with E-state index >= 15 is 0 Å². The maximum atomic E-state index is 13.0. The van der Waals surface area contributed by atoms with E-state index in [4.69, 9.17) is 4.55 Å². The average molecular weight is 426 g/mol. The molecule has 0 aliphatic rings. The van der Waals surface area contributed by atoms with Crippen LogP contribution in [0.5, 0.6) is 0 Å². The molecule has 0 aliphatic carbocycles. The van der Waals surface area contributed by atoms with E-state index in [1.165, 1.54) is 0 Å². The van der Waals surface area contributed by atoms with Gasteiger partial charge in [0.1, 0.15) is 0 Å². The normalized spacial score (nSPS) is 18.6. The SMILES string of the molecule is O=S(=O)(O)C(F)C(F)(F)C(F)C(F)(F)/C(F)=C(\F)C(F)(F)C(F)(F)F. The molecule has 0 bridgehead atoms. The van der Waals surface area contributed by atoms with Crippen molar-refractivity contribution in [1.82, 2.24) is 0 Å². The molecule has 0 radical (unpaired) electrons. The number of alkyl halides is 11. The van der Waals surface area contributed by atoms with E-state index < -0.39 is 57.4 Å². The standard InChI is InChI=1S/C8H3F13O3S/c9-1(2(10)7(17,18)8(19,20)21)5(13,14)3(11)6(15,16)4(12)25(22,23)24/h3-4H,(H,22,23,24)/b2-1+. The van der Waals surface area contributed by atoms with Gasteiger partial charge in [0.15, 0.2) is 0 Å². The first-order valence-electron chi connectivity index (χ1n) is 5.13. The third kappa shape index (κ3) is 4.29. The Hall–Kier alpha value is -1.26. The highest BCUT2D eigenvalue weighted by molar-refractivity contribution is 7.86. The molecule has 0 aromatic heterocycles. The van der Waals surface area contributed by atoms with Crippen LogP contribution in [0.15, 0.2) is 11.7 Å². The summed E-state index contributed by atoms with van der Waals surface area (Å²) in [5, 5.41) is 0. The number of allylic oxidation sites excluding steroid dienone is 2. The summed E-state index contributed by atoms with van der Waals surface area (Å²) in [5.74, 6) is -29.9. The van der Waals surface area contributed by atoms with Gasteiger partial charge in [-0.25, -0.2) is 17.6 Å². The van der Waals surface area contributed by atoms with Gasteiger partial charge < -0.3 is 0 Å². The van der Waals surface area contributed by atoms with Crippen LogP contribution in [0, 0.1) is 0 Å². The summed E-state index contributed by atoms with van der Waals surface area (Å²) < 4.78 is 190. The van der Waals surface area contributed by atoms with Crippen LogP contribution in [-0.2, 0) is 10.1 Å². The van der Waals surface area contributed by atoms with Gasteiger partial charge in [-0.1, -0.05) is 0 Å². The number of rotatable bonds is 6. The molecule has 25 heavy (non-hydrogen) atoms. The predicted molar refractivity (Wildman–Crippen MR) is 51.5 cm³/mol. The van der Waals surface area contributed by atoms with Crippen LogP contribution in [0.2, 0.25) is 0 Å². The highest BCUT2D eigenvalue weighted by atomic mass is 32.2. The van der Waals surface area contributed by atoms with E-state index in [-0.39, 0.29) is 0 Å². The Bertz CT molecular complexity index is 634. The van der Waals surface area contributed by atoms with Gasteiger partial charge in [-0.3, -0.25) is 4.55 Å².